The van der Waals surface area contributed by atoms with Crippen molar-refractivity contribution in [3.8, 4) is 0 Å². The van der Waals surface area contributed by atoms with Crippen molar-refractivity contribution >= 4 is 22.4 Å². The molecule has 0 nitrogen and oxygen atoms in total. The van der Waals surface area contributed by atoms with Crippen LogP contribution in [-0.2, 0) is 5.41 Å². The van der Waals surface area contributed by atoms with Gasteiger partial charge in [0.25, 0.3) is 0 Å². The Morgan fingerprint density at radius 1 is 0.692 bits per heavy atom. The molecule has 5 rings (SSSR count). The Morgan fingerprint density at radius 2 is 1.35 bits per heavy atom. The van der Waals surface area contributed by atoms with Gasteiger partial charge in [-0.15, -0.1) is 0 Å². The molecular formula is C26H26. The molecule has 0 saturated heterocycles. The summed E-state index contributed by atoms with van der Waals surface area (Å²) in [6.07, 6.45) is 3.71. The first kappa shape index (κ1) is 15.9. The summed E-state index contributed by atoms with van der Waals surface area (Å²) < 4.78 is 0. The van der Waals surface area contributed by atoms with Gasteiger partial charge in [0.2, 0.25) is 0 Å². The lowest BCUT2D eigenvalue weighted by Gasteiger charge is -2.68. The minimum Gasteiger partial charge on any atom is -0.0619 e. The third kappa shape index (κ3) is 1.75. The van der Waals surface area contributed by atoms with Gasteiger partial charge in [-0.05, 0) is 62.4 Å². The van der Waals surface area contributed by atoms with Crippen LogP contribution in [0.4, 0.5) is 0 Å². The molecule has 0 heteroatoms. The molecule has 0 heterocycles. The fourth-order valence-electron chi connectivity index (χ4n) is 6.67. The number of rotatable bonds is 1. The van der Waals surface area contributed by atoms with Gasteiger partial charge < -0.3 is 0 Å². The molecule has 26 heavy (non-hydrogen) atoms. The highest BCUT2D eigenvalue weighted by Gasteiger charge is 2.69. The summed E-state index contributed by atoms with van der Waals surface area (Å²) in [5, 5.41) is 2.64. The summed E-state index contributed by atoms with van der Waals surface area (Å²) >= 11 is 0. The zero-order chi connectivity index (χ0) is 18.2. The normalized spacial score (nSPS) is 21.3. The average molecular weight is 338 g/mol. The molecular weight excluding hydrogens is 312 g/mol. The van der Waals surface area contributed by atoms with Crippen LogP contribution in [0.1, 0.15) is 50.8 Å². The van der Waals surface area contributed by atoms with Crippen LogP contribution in [0.2, 0.25) is 0 Å². The molecule has 3 aromatic carbocycles. The molecule has 2 aliphatic carbocycles. The van der Waals surface area contributed by atoms with E-state index in [2.05, 4.69) is 101 Å². The van der Waals surface area contributed by atoms with E-state index >= 15 is 0 Å². The van der Waals surface area contributed by atoms with Crippen molar-refractivity contribution in [3.05, 3.63) is 83.4 Å². The van der Waals surface area contributed by atoms with E-state index in [4.69, 9.17) is 0 Å². The van der Waals surface area contributed by atoms with E-state index in [1.54, 1.807) is 0 Å². The molecule has 0 N–H and O–H groups in total. The number of hydrogen-bond donors (Lipinski definition) is 0. The summed E-state index contributed by atoms with van der Waals surface area (Å²) in [4.78, 5) is 0. The van der Waals surface area contributed by atoms with Crippen molar-refractivity contribution in [2.45, 2.75) is 39.5 Å². The first-order valence-electron chi connectivity index (χ1n) is 9.68. The molecule has 0 atom stereocenters. The predicted molar refractivity (Wildman–Crippen MR) is 112 cm³/mol. The Bertz CT molecular complexity index is 1050. The number of allylic oxidation sites excluding steroid dienone is 1. The van der Waals surface area contributed by atoms with Gasteiger partial charge in [-0.1, -0.05) is 88.4 Å². The standard InChI is InChI=1S/C26H26/c1-24(2)17-25(3,4)26(24)22-12-8-7-11-20(22)16-23(26)21-14-13-18-9-5-6-10-19(18)15-21/h5-16H,17H2,1-4H3. The van der Waals surface area contributed by atoms with Crippen molar-refractivity contribution in [3.63, 3.8) is 0 Å². The van der Waals surface area contributed by atoms with E-state index in [0.29, 0.717) is 0 Å². The Labute approximate surface area is 156 Å². The van der Waals surface area contributed by atoms with Crippen LogP contribution in [-0.4, -0.2) is 0 Å². The van der Waals surface area contributed by atoms with Crippen molar-refractivity contribution < 1.29 is 0 Å². The lowest BCUT2D eigenvalue weighted by molar-refractivity contribution is -0.0739. The quantitative estimate of drug-likeness (QED) is 0.444. The molecule has 1 fully saturated rings. The molecule has 0 radical (unpaired) electrons. The van der Waals surface area contributed by atoms with Crippen LogP contribution in [0.3, 0.4) is 0 Å². The zero-order valence-corrected chi connectivity index (χ0v) is 16.1. The van der Waals surface area contributed by atoms with E-state index in [-0.39, 0.29) is 16.2 Å². The summed E-state index contributed by atoms with van der Waals surface area (Å²) in [5.41, 5.74) is 6.38. The van der Waals surface area contributed by atoms with Crippen LogP contribution in [0, 0.1) is 10.8 Å². The molecule has 0 aromatic heterocycles. The van der Waals surface area contributed by atoms with Crippen LogP contribution in [0.25, 0.3) is 22.4 Å². The second-order valence-electron chi connectivity index (χ2n) is 9.40. The van der Waals surface area contributed by atoms with Gasteiger partial charge in [-0.25, -0.2) is 0 Å². The molecule has 3 aromatic rings. The maximum Gasteiger partial charge on any atom is 0.0317 e. The van der Waals surface area contributed by atoms with E-state index in [9.17, 15) is 0 Å². The Morgan fingerprint density at radius 3 is 2.08 bits per heavy atom. The van der Waals surface area contributed by atoms with Crippen molar-refractivity contribution in [1.29, 1.82) is 0 Å². The fourth-order valence-corrected chi connectivity index (χ4v) is 6.67. The minimum absolute atomic E-state index is 0.0824. The highest BCUT2D eigenvalue weighted by molar-refractivity contribution is 5.99. The molecule has 0 aliphatic heterocycles. The van der Waals surface area contributed by atoms with Crippen molar-refractivity contribution in [2.75, 3.05) is 0 Å². The number of fused-ring (bicyclic) bond motifs is 3. The van der Waals surface area contributed by atoms with E-state index in [1.165, 1.54) is 39.5 Å². The Kier molecular flexibility index (Phi) is 2.98. The molecule has 1 spiro atoms. The first-order chi connectivity index (χ1) is 12.4. The zero-order valence-electron chi connectivity index (χ0n) is 16.1. The maximum absolute atomic E-state index is 2.46. The Hall–Kier alpha value is -2.34. The monoisotopic (exact) mass is 338 g/mol. The SMILES string of the molecule is CC1(C)CC(C)(C)C12C(c1ccc3ccccc3c1)=Cc1ccccc12. The van der Waals surface area contributed by atoms with Gasteiger partial charge in [0.1, 0.15) is 0 Å². The van der Waals surface area contributed by atoms with E-state index < -0.39 is 0 Å². The van der Waals surface area contributed by atoms with Crippen LogP contribution < -0.4 is 0 Å². The molecule has 0 bridgehead atoms. The lowest BCUT2D eigenvalue weighted by atomic mass is 9.35. The first-order valence-corrected chi connectivity index (χ1v) is 9.68. The molecule has 0 amide bonds. The van der Waals surface area contributed by atoms with Crippen LogP contribution >= 0.6 is 0 Å². The maximum atomic E-state index is 2.46. The van der Waals surface area contributed by atoms with Crippen LogP contribution in [0.15, 0.2) is 66.7 Å². The Balaban J connectivity index is 1.80. The highest BCUT2D eigenvalue weighted by atomic mass is 14.7. The molecule has 0 unspecified atom stereocenters. The number of hydrogen-bond acceptors (Lipinski definition) is 0. The largest absolute Gasteiger partial charge is 0.0619 e. The second-order valence-corrected chi connectivity index (χ2v) is 9.40. The smallest absolute Gasteiger partial charge is 0.0317 e. The van der Waals surface area contributed by atoms with E-state index in [1.807, 2.05) is 0 Å². The third-order valence-corrected chi connectivity index (χ3v) is 7.04. The number of benzene rings is 3. The van der Waals surface area contributed by atoms with Crippen LogP contribution in [0.5, 0.6) is 0 Å². The lowest BCUT2D eigenvalue weighted by Crippen LogP contribution is -2.63. The summed E-state index contributed by atoms with van der Waals surface area (Å²) in [6, 6.07) is 24.7. The van der Waals surface area contributed by atoms with Gasteiger partial charge >= 0.3 is 0 Å². The molecule has 1 saturated carbocycles. The second kappa shape index (κ2) is 4.88. The minimum atomic E-state index is 0.0824. The summed E-state index contributed by atoms with van der Waals surface area (Å²) in [5.74, 6) is 0. The van der Waals surface area contributed by atoms with E-state index in [0.717, 1.165) is 0 Å². The summed E-state index contributed by atoms with van der Waals surface area (Å²) in [7, 11) is 0. The van der Waals surface area contributed by atoms with Gasteiger partial charge in [0.15, 0.2) is 0 Å². The third-order valence-electron chi connectivity index (χ3n) is 7.04. The van der Waals surface area contributed by atoms with Gasteiger partial charge in [0, 0.05) is 5.41 Å². The van der Waals surface area contributed by atoms with Crippen molar-refractivity contribution in [1.82, 2.24) is 0 Å². The fraction of sp³-hybridized carbons (Fsp3) is 0.308. The van der Waals surface area contributed by atoms with Crippen molar-refractivity contribution in [2.24, 2.45) is 10.8 Å². The van der Waals surface area contributed by atoms with Gasteiger partial charge in [-0.3, -0.25) is 0 Å². The molecule has 130 valence electrons. The van der Waals surface area contributed by atoms with Gasteiger partial charge in [-0.2, -0.15) is 0 Å². The molecule has 2 aliphatic rings. The topological polar surface area (TPSA) is 0 Å². The van der Waals surface area contributed by atoms with Gasteiger partial charge in [0.05, 0.1) is 0 Å². The average Bonchev–Trinajstić information content (AvgIpc) is 2.99. The summed E-state index contributed by atoms with van der Waals surface area (Å²) in [6.45, 7) is 9.81. The predicted octanol–water partition coefficient (Wildman–Crippen LogP) is 7.09. The highest BCUT2D eigenvalue weighted by Crippen LogP contribution is 2.75.